The van der Waals surface area contributed by atoms with E-state index in [9.17, 15) is 4.79 Å². The Labute approximate surface area is 142 Å². The molecule has 1 fully saturated rings. The molecule has 1 aromatic heterocycles. The van der Waals surface area contributed by atoms with E-state index in [-0.39, 0.29) is 6.03 Å². The zero-order valence-corrected chi connectivity index (χ0v) is 14.5. The number of ether oxygens (including phenoxy) is 1. The van der Waals surface area contributed by atoms with Crippen molar-refractivity contribution in [2.75, 3.05) is 25.5 Å². The number of amides is 2. The number of nitrogens with one attached hydrogen (secondary N) is 1. The average Bonchev–Trinajstić information content (AvgIpc) is 3.22. The van der Waals surface area contributed by atoms with E-state index in [0.29, 0.717) is 11.7 Å². The Hall–Kier alpha value is -2.50. The lowest BCUT2D eigenvalue weighted by Gasteiger charge is -2.16. The number of rotatable bonds is 4. The number of aryl methyl sites for hydroxylation is 1. The third-order valence-corrected chi connectivity index (χ3v) is 4.63. The average molecular weight is 328 g/mol. The van der Waals surface area contributed by atoms with Crippen LogP contribution in [-0.2, 0) is 7.05 Å². The van der Waals surface area contributed by atoms with Gasteiger partial charge in [0, 0.05) is 31.8 Å². The number of hydrogen-bond donors (Lipinski definition) is 1. The quantitative estimate of drug-likeness (QED) is 0.936. The van der Waals surface area contributed by atoms with Crippen molar-refractivity contribution in [3.05, 3.63) is 30.3 Å². The second kappa shape index (κ2) is 6.95. The van der Waals surface area contributed by atoms with Crippen LogP contribution in [0.25, 0.3) is 11.3 Å². The topological polar surface area (TPSA) is 59.4 Å². The zero-order valence-electron chi connectivity index (χ0n) is 14.5. The van der Waals surface area contributed by atoms with Crippen LogP contribution >= 0.6 is 0 Å². The molecule has 2 heterocycles. The van der Waals surface area contributed by atoms with Gasteiger partial charge in [0.25, 0.3) is 0 Å². The summed E-state index contributed by atoms with van der Waals surface area (Å²) in [4.78, 5) is 14.3. The smallest absolute Gasteiger partial charge is 0.323 e. The van der Waals surface area contributed by atoms with Crippen molar-refractivity contribution in [3.8, 4) is 17.0 Å². The predicted molar refractivity (Wildman–Crippen MR) is 94.2 cm³/mol. The molecule has 1 saturated heterocycles. The Morgan fingerprint density at radius 3 is 2.96 bits per heavy atom. The molecule has 1 aliphatic heterocycles. The normalized spacial score (nSPS) is 17.1. The number of carbonyl (C=O) groups is 1. The van der Waals surface area contributed by atoms with Crippen LogP contribution in [0.1, 0.15) is 19.8 Å². The Morgan fingerprint density at radius 1 is 1.42 bits per heavy atom. The number of likely N-dealkylation sites (tertiary alicyclic amines) is 1. The molecule has 0 spiro atoms. The summed E-state index contributed by atoms with van der Waals surface area (Å²) < 4.78 is 6.95. The van der Waals surface area contributed by atoms with Crippen LogP contribution in [0, 0.1) is 5.92 Å². The first-order valence-corrected chi connectivity index (χ1v) is 8.35. The maximum absolute atomic E-state index is 12.4. The standard InChI is InChI=1S/C18H24N4O2/c1-4-13-8-9-22(12-13)18(23)19-17-11-16(20-21(17)2)14-6-5-7-15(10-14)24-3/h5-7,10-11,13H,4,8-9,12H2,1-3H3,(H,19,23)/t13-/m1/s1. The summed E-state index contributed by atoms with van der Waals surface area (Å²) in [6.45, 7) is 3.83. The maximum Gasteiger partial charge on any atom is 0.323 e. The van der Waals surface area contributed by atoms with Crippen molar-refractivity contribution in [3.63, 3.8) is 0 Å². The Morgan fingerprint density at radius 2 is 2.25 bits per heavy atom. The number of anilines is 1. The van der Waals surface area contributed by atoms with Crippen molar-refractivity contribution in [2.24, 2.45) is 13.0 Å². The molecule has 128 valence electrons. The van der Waals surface area contributed by atoms with Crippen molar-refractivity contribution >= 4 is 11.8 Å². The monoisotopic (exact) mass is 328 g/mol. The van der Waals surface area contributed by atoms with E-state index >= 15 is 0 Å². The molecule has 1 aromatic carbocycles. The van der Waals surface area contributed by atoms with Gasteiger partial charge in [-0.3, -0.25) is 10.00 Å². The fraction of sp³-hybridized carbons (Fsp3) is 0.444. The third-order valence-electron chi connectivity index (χ3n) is 4.63. The van der Waals surface area contributed by atoms with E-state index in [1.807, 2.05) is 42.3 Å². The van der Waals surface area contributed by atoms with Gasteiger partial charge in [0.05, 0.1) is 12.8 Å². The van der Waals surface area contributed by atoms with Gasteiger partial charge >= 0.3 is 6.03 Å². The van der Waals surface area contributed by atoms with Gasteiger partial charge in [0.1, 0.15) is 11.6 Å². The van der Waals surface area contributed by atoms with Crippen LogP contribution in [0.2, 0.25) is 0 Å². The second-order valence-corrected chi connectivity index (χ2v) is 6.21. The summed E-state index contributed by atoms with van der Waals surface area (Å²) in [5, 5.41) is 7.47. The van der Waals surface area contributed by atoms with Crippen LogP contribution in [-0.4, -0.2) is 40.9 Å². The Bertz CT molecular complexity index is 726. The maximum atomic E-state index is 12.4. The first-order valence-electron chi connectivity index (χ1n) is 8.35. The highest BCUT2D eigenvalue weighted by Gasteiger charge is 2.25. The number of methoxy groups -OCH3 is 1. The van der Waals surface area contributed by atoms with Crippen LogP contribution in [0.3, 0.4) is 0 Å². The van der Waals surface area contributed by atoms with Gasteiger partial charge in [-0.25, -0.2) is 4.79 Å². The Balaban J connectivity index is 1.73. The van der Waals surface area contributed by atoms with Gasteiger partial charge in [0.15, 0.2) is 0 Å². The minimum atomic E-state index is -0.0499. The van der Waals surface area contributed by atoms with E-state index in [1.165, 1.54) is 0 Å². The minimum absolute atomic E-state index is 0.0499. The minimum Gasteiger partial charge on any atom is -0.497 e. The molecule has 1 aliphatic rings. The molecule has 3 rings (SSSR count). The lowest BCUT2D eigenvalue weighted by molar-refractivity contribution is 0.220. The predicted octanol–water partition coefficient (Wildman–Crippen LogP) is 3.36. The molecule has 0 saturated carbocycles. The van der Waals surface area contributed by atoms with Gasteiger partial charge in [0.2, 0.25) is 0 Å². The highest BCUT2D eigenvalue weighted by atomic mass is 16.5. The summed E-state index contributed by atoms with van der Waals surface area (Å²) >= 11 is 0. The molecule has 1 atom stereocenters. The largest absolute Gasteiger partial charge is 0.497 e. The third kappa shape index (κ3) is 3.37. The van der Waals surface area contributed by atoms with E-state index in [0.717, 1.165) is 42.9 Å². The van der Waals surface area contributed by atoms with Gasteiger partial charge in [-0.1, -0.05) is 25.5 Å². The zero-order chi connectivity index (χ0) is 17.1. The molecule has 0 radical (unpaired) electrons. The SMILES string of the molecule is CC[C@@H]1CCN(C(=O)Nc2cc(-c3cccc(OC)c3)nn2C)C1. The molecule has 6 nitrogen and oxygen atoms in total. The van der Waals surface area contributed by atoms with E-state index < -0.39 is 0 Å². The van der Waals surface area contributed by atoms with Crippen LogP contribution in [0.15, 0.2) is 30.3 Å². The molecule has 1 N–H and O–H groups in total. The molecule has 24 heavy (non-hydrogen) atoms. The Kier molecular flexibility index (Phi) is 4.74. The first kappa shape index (κ1) is 16.4. The number of aromatic nitrogens is 2. The summed E-state index contributed by atoms with van der Waals surface area (Å²) in [6.07, 6.45) is 2.21. The van der Waals surface area contributed by atoms with E-state index in [1.54, 1.807) is 11.8 Å². The summed E-state index contributed by atoms with van der Waals surface area (Å²) in [7, 11) is 3.47. The molecule has 6 heteroatoms. The fourth-order valence-electron chi connectivity index (χ4n) is 3.05. The molecular weight excluding hydrogens is 304 g/mol. The number of carbonyl (C=O) groups excluding carboxylic acids is 1. The summed E-state index contributed by atoms with van der Waals surface area (Å²) in [5.74, 6) is 2.10. The van der Waals surface area contributed by atoms with Crippen LogP contribution < -0.4 is 10.1 Å². The lowest BCUT2D eigenvalue weighted by Crippen LogP contribution is -2.33. The van der Waals surface area contributed by atoms with Gasteiger partial charge in [-0.05, 0) is 24.5 Å². The molecule has 2 aromatic rings. The summed E-state index contributed by atoms with van der Waals surface area (Å²) in [5.41, 5.74) is 1.76. The van der Waals surface area contributed by atoms with Crippen LogP contribution in [0.4, 0.5) is 10.6 Å². The molecule has 2 amide bonds. The molecule has 0 bridgehead atoms. The van der Waals surface area contributed by atoms with Crippen molar-refractivity contribution < 1.29 is 9.53 Å². The van der Waals surface area contributed by atoms with Gasteiger partial charge < -0.3 is 9.64 Å². The highest BCUT2D eigenvalue weighted by molar-refractivity contribution is 5.89. The molecular formula is C18H24N4O2. The van der Waals surface area contributed by atoms with E-state index in [2.05, 4.69) is 17.3 Å². The first-order chi connectivity index (χ1) is 11.6. The lowest BCUT2D eigenvalue weighted by atomic mass is 10.1. The number of benzene rings is 1. The van der Waals surface area contributed by atoms with Crippen molar-refractivity contribution in [2.45, 2.75) is 19.8 Å². The second-order valence-electron chi connectivity index (χ2n) is 6.21. The van der Waals surface area contributed by atoms with Gasteiger partial charge in [-0.15, -0.1) is 0 Å². The van der Waals surface area contributed by atoms with Crippen LogP contribution in [0.5, 0.6) is 5.75 Å². The van der Waals surface area contributed by atoms with Crippen molar-refractivity contribution in [1.29, 1.82) is 0 Å². The number of hydrogen-bond acceptors (Lipinski definition) is 3. The fourth-order valence-corrected chi connectivity index (χ4v) is 3.05. The summed E-state index contributed by atoms with van der Waals surface area (Å²) in [6, 6.07) is 9.57. The molecule has 0 unspecified atom stereocenters. The van der Waals surface area contributed by atoms with Gasteiger partial charge in [-0.2, -0.15) is 5.10 Å². The van der Waals surface area contributed by atoms with E-state index in [4.69, 9.17) is 4.74 Å². The number of nitrogens with zero attached hydrogens (tertiary/aromatic N) is 3. The van der Waals surface area contributed by atoms with Crippen molar-refractivity contribution in [1.82, 2.24) is 14.7 Å². The molecule has 0 aliphatic carbocycles. The number of urea groups is 1. The highest BCUT2D eigenvalue weighted by Crippen LogP contribution is 2.25.